The van der Waals surface area contributed by atoms with Crippen molar-refractivity contribution in [2.75, 3.05) is 26.3 Å². The zero-order chi connectivity index (χ0) is 26.2. The molecule has 2 heterocycles. The van der Waals surface area contributed by atoms with Crippen molar-refractivity contribution in [2.24, 2.45) is 0 Å². The Hall–Kier alpha value is -1.94. The van der Waals surface area contributed by atoms with E-state index in [1.807, 2.05) is 13.8 Å². The number of nitrogens with zero attached hydrogens (tertiary/aromatic N) is 2. The lowest BCUT2D eigenvalue weighted by Gasteiger charge is -2.23. The Morgan fingerprint density at radius 3 is 1.31 bits per heavy atom. The van der Waals surface area contributed by atoms with Crippen LogP contribution in [0.4, 0.5) is 9.59 Å². The molecular weight excluding hydrogens is 500 g/mol. The maximum absolute atomic E-state index is 11.5. The number of thioether (sulfide) groups is 2. The fraction of sp³-hybridized carbons (Fsp3) is 0.692. The number of hydrogen-bond acceptors (Lipinski definition) is 8. The second-order valence-electron chi connectivity index (χ2n) is 9.05. The molecular formula is C26H40N2O6S2. The van der Waals surface area contributed by atoms with Crippen LogP contribution < -0.4 is 0 Å². The number of ether oxygens (including phenoxy) is 2. The van der Waals surface area contributed by atoms with Crippen molar-refractivity contribution >= 4 is 46.9 Å². The largest absolute Gasteiger partial charge is 0.457 e. The minimum Gasteiger partial charge on any atom is -0.457 e. The molecule has 0 N–H and O–H groups in total. The van der Waals surface area contributed by atoms with Gasteiger partial charge in [-0.3, -0.25) is 9.59 Å². The molecule has 0 unspecified atom stereocenters. The van der Waals surface area contributed by atoms with E-state index in [2.05, 4.69) is 0 Å². The molecule has 0 aromatic carbocycles. The van der Waals surface area contributed by atoms with E-state index in [-0.39, 0.29) is 10.6 Å². The van der Waals surface area contributed by atoms with Gasteiger partial charge in [0.15, 0.2) is 0 Å². The monoisotopic (exact) mass is 540 g/mol. The SMILES string of the molecule is C/C(=C1\CCOC(=O)S1)N(C=O)CCCCCCCCCCCCN(C=O)/C(C)=C1/CCOC(=O)S1. The average molecular weight is 541 g/mol. The molecule has 2 rings (SSSR count). The summed E-state index contributed by atoms with van der Waals surface area (Å²) in [5, 5.41) is -0.582. The molecule has 10 heteroatoms. The first kappa shape index (κ1) is 30.3. The zero-order valence-electron chi connectivity index (χ0n) is 21.6. The number of cyclic esters (lactones) is 2. The first-order valence-electron chi connectivity index (χ1n) is 13.0. The molecule has 36 heavy (non-hydrogen) atoms. The van der Waals surface area contributed by atoms with E-state index in [1.165, 1.54) is 25.7 Å². The number of carbonyl (C=O) groups excluding carboxylic acids is 4. The van der Waals surface area contributed by atoms with Gasteiger partial charge in [-0.25, -0.2) is 9.59 Å². The van der Waals surface area contributed by atoms with Gasteiger partial charge in [-0.1, -0.05) is 51.4 Å². The Morgan fingerprint density at radius 1 is 0.667 bits per heavy atom. The summed E-state index contributed by atoms with van der Waals surface area (Å²) in [5.41, 5.74) is 1.74. The van der Waals surface area contributed by atoms with Gasteiger partial charge < -0.3 is 19.3 Å². The van der Waals surface area contributed by atoms with E-state index in [0.717, 1.165) is 96.1 Å². The molecule has 0 aromatic heterocycles. The van der Waals surface area contributed by atoms with Gasteiger partial charge >= 0.3 is 10.6 Å². The minimum absolute atomic E-state index is 0.291. The molecule has 2 amide bonds. The third-order valence-corrected chi connectivity index (χ3v) is 8.54. The van der Waals surface area contributed by atoms with Gasteiger partial charge in [-0.05, 0) is 50.2 Å². The molecule has 2 fully saturated rings. The van der Waals surface area contributed by atoms with Gasteiger partial charge in [0.25, 0.3) is 0 Å². The van der Waals surface area contributed by atoms with Crippen molar-refractivity contribution in [1.82, 2.24) is 9.80 Å². The Bertz CT molecular complexity index is 748. The highest BCUT2D eigenvalue weighted by Gasteiger charge is 2.21. The predicted octanol–water partition coefficient (Wildman–Crippen LogP) is 6.81. The Labute approximate surface area is 223 Å². The highest BCUT2D eigenvalue weighted by Crippen LogP contribution is 2.31. The van der Waals surface area contributed by atoms with Crippen LogP contribution >= 0.6 is 23.5 Å². The van der Waals surface area contributed by atoms with Gasteiger partial charge in [0, 0.05) is 47.1 Å². The molecule has 2 aliphatic heterocycles. The highest BCUT2D eigenvalue weighted by atomic mass is 32.2. The lowest BCUT2D eigenvalue weighted by Crippen LogP contribution is -2.23. The topological polar surface area (TPSA) is 93.2 Å². The van der Waals surface area contributed by atoms with Gasteiger partial charge in [0.2, 0.25) is 12.8 Å². The van der Waals surface area contributed by atoms with Gasteiger partial charge in [-0.2, -0.15) is 0 Å². The second kappa shape index (κ2) is 17.5. The molecule has 2 aliphatic rings. The summed E-state index contributed by atoms with van der Waals surface area (Å²) in [6.45, 7) is 5.95. The Balaban J connectivity index is 1.49. The van der Waals surface area contributed by atoms with E-state index < -0.39 is 0 Å². The number of carbonyl (C=O) groups is 4. The third kappa shape index (κ3) is 11.0. The normalized spacial score (nSPS) is 18.7. The first-order valence-corrected chi connectivity index (χ1v) is 14.6. The number of allylic oxidation sites excluding steroid dienone is 2. The molecule has 0 aromatic rings. The molecule has 202 valence electrons. The first-order chi connectivity index (χ1) is 17.5. The van der Waals surface area contributed by atoms with E-state index in [9.17, 15) is 19.2 Å². The third-order valence-electron chi connectivity index (χ3n) is 6.48. The van der Waals surface area contributed by atoms with Crippen LogP contribution in [0, 0.1) is 0 Å². The minimum atomic E-state index is -0.291. The van der Waals surface area contributed by atoms with E-state index in [0.29, 0.717) is 39.1 Å². The van der Waals surface area contributed by atoms with E-state index in [4.69, 9.17) is 9.47 Å². The Morgan fingerprint density at radius 2 is 1.00 bits per heavy atom. The van der Waals surface area contributed by atoms with Gasteiger partial charge in [0.1, 0.15) is 0 Å². The average Bonchev–Trinajstić information content (AvgIpc) is 2.88. The lowest BCUT2D eigenvalue weighted by atomic mass is 10.1. The summed E-state index contributed by atoms with van der Waals surface area (Å²) in [7, 11) is 0. The van der Waals surface area contributed by atoms with Gasteiger partial charge in [0.05, 0.1) is 13.2 Å². The Kier molecular flexibility index (Phi) is 14.7. The number of unbranched alkanes of at least 4 members (excludes halogenated alkanes) is 9. The van der Waals surface area contributed by atoms with Crippen molar-refractivity contribution in [3.05, 3.63) is 21.2 Å². The quantitative estimate of drug-likeness (QED) is 0.113. The van der Waals surface area contributed by atoms with Crippen molar-refractivity contribution in [3.63, 3.8) is 0 Å². The van der Waals surface area contributed by atoms with Crippen LogP contribution in [0.5, 0.6) is 0 Å². The zero-order valence-corrected chi connectivity index (χ0v) is 23.3. The molecule has 0 atom stereocenters. The summed E-state index contributed by atoms with van der Waals surface area (Å²) < 4.78 is 9.89. The molecule has 0 saturated carbocycles. The van der Waals surface area contributed by atoms with Crippen LogP contribution in [0.1, 0.15) is 90.9 Å². The number of hydrogen-bond donors (Lipinski definition) is 0. The van der Waals surface area contributed by atoms with Crippen LogP contribution in [0.3, 0.4) is 0 Å². The standard InChI is InChI=1S/C26H40N2O6S2/c1-21(23-13-17-33-25(31)35-23)27(19-29)15-11-9-7-5-3-4-6-8-10-12-16-28(20-30)22(2)24-14-18-34-26(32)36-24/h19-20H,3-18H2,1-2H3/b23-21-,24-22-. The van der Waals surface area contributed by atoms with Crippen LogP contribution in [-0.2, 0) is 19.1 Å². The van der Waals surface area contributed by atoms with Crippen LogP contribution in [0.25, 0.3) is 0 Å². The van der Waals surface area contributed by atoms with Crippen LogP contribution in [-0.4, -0.2) is 59.5 Å². The molecule has 0 spiro atoms. The van der Waals surface area contributed by atoms with Crippen molar-refractivity contribution in [2.45, 2.75) is 90.9 Å². The lowest BCUT2D eigenvalue weighted by molar-refractivity contribution is -0.117. The summed E-state index contributed by atoms with van der Waals surface area (Å²) in [6.07, 6.45) is 14.4. The van der Waals surface area contributed by atoms with Crippen LogP contribution in [0.15, 0.2) is 21.2 Å². The van der Waals surface area contributed by atoms with E-state index >= 15 is 0 Å². The molecule has 0 aliphatic carbocycles. The molecule has 0 bridgehead atoms. The smallest absolute Gasteiger partial charge is 0.371 e. The summed E-state index contributed by atoms with van der Waals surface area (Å²) in [4.78, 5) is 51.1. The van der Waals surface area contributed by atoms with Crippen molar-refractivity contribution in [1.29, 1.82) is 0 Å². The second-order valence-corrected chi connectivity index (χ2v) is 11.1. The van der Waals surface area contributed by atoms with Gasteiger partial charge in [-0.15, -0.1) is 0 Å². The van der Waals surface area contributed by atoms with Crippen molar-refractivity contribution < 1.29 is 28.7 Å². The van der Waals surface area contributed by atoms with Crippen LogP contribution in [0.2, 0.25) is 0 Å². The summed E-state index contributed by atoms with van der Waals surface area (Å²) in [5.74, 6) is 0. The number of amides is 2. The fourth-order valence-corrected chi connectivity index (χ4v) is 5.81. The van der Waals surface area contributed by atoms with Crippen molar-refractivity contribution in [3.8, 4) is 0 Å². The fourth-order valence-electron chi connectivity index (χ4n) is 4.22. The summed E-state index contributed by atoms with van der Waals surface area (Å²) in [6, 6.07) is 0. The molecule has 0 radical (unpaired) electrons. The van der Waals surface area contributed by atoms with E-state index in [1.54, 1.807) is 9.80 Å². The highest BCUT2D eigenvalue weighted by molar-refractivity contribution is 8.16. The molecule has 2 saturated heterocycles. The maximum Gasteiger partial charge on any atom is 0.371 e. The molecule has 8 nitrogen and oxygen atoms in total. The number of rotatable bonds is 17. The predicted molar refractivity (Wildman–Crippen MR) is 144 cm³/mol. The summed E-state index contributed by atoms with van der Waals surface area (Å²) >= 11 is 2.18. The maximum atomic E-state index is 11.5.